The molecule has 1 saturated carbocycles. The number of benzene rings is 1. The number of hydrogen-bond donors (Lipinski definition) is 3. The van der Waals surface area contributed by atoms with E-state index < -0.39 is 0 Å². The zero-order valence-corrected chi connectivity index (χ0v) is 12.4. The van der Waals surface area contributed by atoms with Gasteiger partial charge >= 0.3 is 6.03 Å². The minimum absolute atomic E-state index is 0.0868. The van der Waals surface area contributed by atoms with Crippen molar-refractivity contribution in [2.45, 2.75) is 44.1 Å². The summed E-state index contributed by atoms with van der Waals surface area (Å²) < 4.78 is 13.1. The third kappa shape index (κ3) is 3.94. The quantitative estimate of drug-likeness (QED) is 0.780. The summed E-state index contributed by atoms with van der Waals surface area (Å²) in [6.45, 7) is 2.18. The lowest BCUT2D eigenvalue weighted by atomic mass is 9.79. The Morgan fingerprint density at radius 3 is 2.52 bits per heavy atom. The van der Waals surface area contributed by atoms with Gasteiger partial charge in [0.25, 0.3) is 0 Å². The number of aliphatic hydroxyl groups is 1. The first-order valence-corrected chi connectivity index (χ1v) is 7.47. The van der Waals surface area contributed by atoms with Gasteiger partial charge in [-0.25, -0.2) is 9.18 Å². The van der Waals surface area contributed by atoms with Crippen molar-refractivity contribution in [3.8, 4) is 0 Å². The number of carbonyl (C=O) groups is 1. The lowest BCUT2D eigenvalue weighted by Gasteiger charge is -2.30. The molecule has 2 amide bonds. The molecule has 1 fully saturated rings. The Morgan fingerprint density at radius 2 is 1.95 bits per heavy atom. The van der Waals surface area contributed by atoms with E-state index in [-0.39, 0.29) is 29.9 Å². The van der Waals surface area contributed by atoms with E-state index in [0.717, 1.165) is 31.2 Å². The molecule has 116 valence electrons. The minimum atomic E-state index is -0.273. The second-order valence-corrected chi connectivity index (χ2v) is 5.90. The fourth-order valence-corrected chi connectivity index (χ4v) is 2.99. The number of amides is 2. The third-order valence-corrected chi connectivity index (χ3v) is 4.26. The number of hydrogen-bond acceptors (Lipinski definition) is 2. The van der Waals surface area contributed by atoms with Crippen LogP contribution in [0.4, 0.5) is 9.18 Å². The van der Waals surface area contributed by atoms with Crippen molar-refractivity contribution < 1.29 is 14.3 Å². The van der Waals surface area contributed by atoms with Gasteiger partial charge in [-0.3, -0.25) is 0 Å². The Balaban J connectivity index is 2.02. The number of nitrogens with one attached hydrogen (secondary N) is 2. The first kappa shape index (κ1) is 15.8. The van der Waals surface area contributed by atoms with Crippen molar-refractivity contribution in [1.82, 2.24) is 10.6 Å². The normalized spacial score (nSPS) is 18.2. The summed E-state index contributed by atoms with van der Waals surface area (Å²) in [4.78, 5) is 11.8. The van der Waals surface area contributed by atoms with Crippen molar-refractivity contribution in [3.63, 3.8) is 0 Å². The Bertz CT molecular complexity index is 470. The number of urea groups is 1. The van der Waals surface area contributed by atoms with Crippen LogP contribution < -0.4 is 10.6 Å². The maximum atomic E-state index is 13.1. The van der Waals surface area contributed by atoms with Gasteiger partial charge in [-0.15, -0.1) is 0 Å². The summed E-state index contributed by atoms with van der Waals surface area (Å²) in [5.74, 6) is -0.241. The SMILES string of the molecule is C[C@@H](CO)NC(=O)NCC1(c2ccc(F)cc2)CCCC1. The third-order valence-electron chi connectivity index (χ3n) is 4.26. The second kappa shape index (κ2) is 6.89. The van der Waals surface area contributed by atoms with E-state index in [1.165, 1.54) is 12.1 Å². The molecule has 0 saturated heterocycles. The highest BCUT2D eigenvalue weighted by atomic mass is 19.1. The molecule has 4 nitrogen and oxygen atoms in total. The molecule has 0 bridgehead atoms. The Kier molecular flexibility index (Phi) is 5.17. The van der Waals surface area contributed by atoms with Crippen LogP contribution in [-0.2, 0) is 5.41 Å². The Morgan fingerprint density at radius 1 is 1.33 bits per heavy atom. The molecule has 2 rings (SSSR count). The van der Waals surface area contributed by atoms with E-state index in [2.05, 4.69) is 10.6 Å². The van der Waals surface area contributed by atoms with Gasteiger partial charge in [0.2, 0.25) is 0 Å². The van der Waals surface area contributed by atoms with E-state index >= 15 is 0 Å². The zero-order chi connectivity index (χ0) is 15.3. The summed E-state index contributed by atoms with van der Waals surface area (Å²) in [6, 6.07) is 6.04. The van der Waals surface area contributed by atoms with Crippen molar-refractivity contribution >= 4 is 6.03 Å². The maximum absolute atomic E-state index is 13.1. The molecule has 1 aliphatic carbocycles. The van der Waals surface area contributed by atoms with Gasteiger partial charge in [0.05, 0.1) is 12.6 Å². The molecule has 5 heteroatoms. The van der Waals surface area contributed by atoms with Gasteiger partial charge in [0.15, 0.2) is 0 Å². The zero-order valence-electron chi connectivity index (χ0n) is 12.4. The van der Waals surface area contributed by atoms with E-state index in [9.17, 15) is 9.18 Å². The Hall–Kier alpha value is -1.62. The van der Waals surface area contributed by atoms with Crippen LogP contribution in [-0.4, -0.2) is 30.3 Å². The average molecular weight is 294 g/mol. The fraction of sp³-hybridized carbons (Fsp3) is 0.562. The molecule has 0 unspecified atom stereocenters. The highest BCUT2D eigenvalue weighted by Gasteiger charge is 2.35. The van der Waals surface area contributed by atoms with Crippen molar-refractivity contribution in [1.29, 1.82) is 0 Å². The van der Waals surface area contributed by atoms with Crippen molar-refractivity contribution in [3.05, 3.63) is 35.6 Å². The molecule has 0 spiro atoms. The summed E-state index contributed by atoms with van der Waals surface area (Å²) in [5.41, 5.74) is 0.977. The van der Waals surface area contributed by atoms with Crippen LogP contribution in [0, 0.1) is 5.82 Å². The first-order chi connectivity index (χ1) is 10.1. The number of halogens is 1. The van der Waals surface area contributed by atoms with Gasteiger partial charge in [0, 0.05) is 12.0 Å². The van der Waals surface area contributed by atoms with Gasteiger partial charge in [-0.1, -0.05) is 25.0 Å². The molecule has 1 aliphatic rings. The minimum Gasteiger partial charge on any atom is -0.394 e. The smallest absolute Gasteiger partial charge is 0.315 e. The second-order valence-electron chi connectivity index (χ2n) is 5.90. The lowest BCUT2D eigenvalue weighted by molar-refractivity contribution is 0.218. The molecule has 1 aromatic rings. The predicted octanol–water partition coefficient (Wildman–Crippen LogP) is 2.32. The van der Waals surface area contributed by atoms with E-state index in [1.807, 2.05) is 12.1 Å². The predicted molar refractivity (Wildman–Crippen MR) is 79.6 cm³/mol. The summed E-state index contributed by atoms with van der Waals surface area (Å²) in [6.07, 6.45) is 4.23. The van der Waals surface area contributed by atoms with Crippen molar-refractivity contribution in [2.75, 3.05) is 13.2 Å². The van der Waals surface area contributed by atoms with Crippen LogP contribution in [0.15, 0.2) is 24.3 Å². The van der Waals surface area contributed by atoms with Gasteiger partial charge in [0.1, 0.15) is 5.82 Å². The van der Waals surface area contributed by atoms with Crippen LogP contribution in [0.1, 0.15) is 38.2 Å². The van der Waals surface area contributed by atoms with Crippen LogP contribution in [0.2, 0.25) is 0 Å². The molecule has 0 aromatic heterocycles. The summed E-state index contributed by atoms with van der Waals surface area (Å²) in [7, 11) is 0. The van der Waals surface area contributed by atoms with Crippen LogP contribution >= 0.6 is 0 Å². The molecule has 0 radical (unpaired) electrons. The summed E-state index contributed by atoms with van der Waals surface area (Å²) in [5, 5.41) is 14.5. The fourth-order valence-electron chi connectivity index (χ4n) is 2.99. The molecule has 1 atom stereocenters. The van der Waals surface area contributed by atoms with Gasteiger partial charge in [-0.2, -0.15) is 0 Å². The Labute approximate surface area is 124 Å². The first-order valence-electron chi connectivity index (χ1n) is 7.47. The van der Waals surface area contributed by atoms with Gasteiger partial charge in [-0.05, 0) is 37.5 Å². The lowest BCUT2D eigenvalue weighted by Crippen LogP contribution is -2.47. The summed E-state index contributed by atoms with van der Waals surface area (Å²) >= 11 is 0. The molecule has 21 heavy (non-hydrogen) atoms. The van der Waals surface area contributed by atoms with E-state index in [4.69, 9.17) is 5.11 Å². The molecular formula is C16H23FN2O2. The standard InChI is InChI=1S/C16H23FN2O2/c1-12(10-20)19-15(21)18-11-16(8-2-3-9-16)13-4-6-14(17)7-5-13/h4-7,12,20H,2-3,8-11H2,1H3,(H2,18,19,21)/t12-/m0/s1. The highest BCUT2D eigenvalue weighted by molar-refractivity contribution is 5.74. The van der Waals surface area contributed by atoms with Crippen LogP contribution in [0.3, 0.4) is 0 Å². The largest absolute Gasteiger partial charge is 0.394 e. The molecule has 0 aliphatic heterocycles. The molecular weight excluding hydrogens is 271 g/mol. The van der Waals surface area contributed by atoms with E-state index in [0.29, 0.717) is 6.54 Å². The molecule has 1 aromatic carbocycles. The van der Waals surface area contributed by atoms with E-state index in [1.54, 1.807) is 6.92 Å². The maximum Gasteiger partial charge on any atom is 0.315 e. The number of aliphatic hydroxyl groups excluding tert-OH is 1. The van der Waals surface area contributed by atoms with Crippen LogP contribution in [0.25, 0.3) is 0 Å². The number of carbonyl (C=O) groups excluding carboxylic acids is 1. The number of rotatable bonds is 5. The van der Waals surface area contributed by atoms with Gasteiger partial charge < -0.3 is 15.7 Å². The average Bonchev–Trinajstić information content (AvgIpc) is 2.96. The monoisotopic (exact) mass is 294 g/mol. The molecule has 3 N–H and O–H groups in total. The van der Waals surface area contributed by atoms with Crippen LogP contribution in [0.5, 0.6) is 0 Å². The van der Waals surface area contributed by atoms with Crippen molar-refractivity contribution in [2.24, 2.45) is 0 Å². The topological polar surface area (TPSA) is 61.4 Å². The highest BCUT2D eigenvalue weighted by Crippen LogP contribution is 2.40. The molecule has 0 heterocycles.